The van der Waals surface area contributed by atoms with Gasteiger partial charge in [0.25, 0.3) is 0 Å². The zero-order valence-corrected chi connectivity index (χ0v) is 9.75. The predicted octanol–water partition coefficient (Wildman–Crippen LogP) is 2.48. The molecule has 1 aromatic carbocycles. The van der Waals surface area contributed by atoms with Crippen LogP contribution in [0.5, 0.6) is 0 Å². The number of hydrogen-bond donors (Lipinski definition) is 2. The molecule has 1 rings (SSSR count). The van der Waals surface area contributed by atoms with Crippen molar-refractivity contribution in [3.8, 4) is 0 Å². The highest BCUT2D eigenvalue weighted by Gasteiger charge is 2.58. The summed E-state index contributed by atoms with van der Waals surface area (Å²) in [5.74, 6) is 0. The minimum atomic E-state index is -4.80. The highest BCUT2D eigenvalue weighted by molar-refractivity contribution is 5.34. The van der Waals surface area contributed by atoms with Gasteiger partial charge in [0.05, 0.1) is 0 Å². The Balaban J connectivity index is 3.40. The van der Waals surface area contributed by atoms with Crippen LogP contribution in [-0.4, -0.2) is 17.3 Å². The molecule has 96 valence electrons. The average Bonchev–Trinajstić information content (AvgIpc) is 2.26. The first kappa shape index (κ1) is 14.0. The van der Waals surface area contributed by atoms with Crippen LogP contribution in [0.3, 0.4) is 0 Å². The monoisotopic (exact) mass is 247 g/mol. The molecule has 2 atom stereocenters. The van der Waals surface area contributed by atoms with Crippen molar-refractivity contribution in [2.45, 2.75) is 38.1 Å². The third-order valence-electron chi connectivity index (χ3n) is 2.96. The van der Waals surface area contributed by atoms with Gasteiger partial charge in [-0.3, -0.25) is 0 Å². The zero-order chi connectivity index (χ0) is 13.3. The van der Waals surface area contributed by atoms with Crippen molar-refractivity contribution in [1.29, 1.82) is 0 Å². The molecule has 17 heavy (non-hydrogen) atoms. The van der Waals surface area contributed by atoms with Crippen LogP contribution >= 0.6 is 0 Å². The molecule has 0 fully saturated rings. The fourth-order valence-corrected chi connectivity index (χ4v) is 1.86. The molecule has 0 heterocycles. The van der Waals surface area contributed by atoms with E-state index < -0.39 is 17.8 Å². The molecular weight excluding hydrogens is 231 g/mol. The van der Waals surface area contributed by atoms with Gasteiger partial charge < -0.3 is 10.8 Å². The van der Waals surface area contributed by atoms with E-state index in [1.807, 2.05) is 0 Å². The Bertz CT molecular complexity index is 392. The van der Waals surface area contributed by atoms with Crippen LogP contribution in [0.4, 0.5) is 13.2 Å². The van der Waals surface area contributed by atoms with Crippen molar-refractivity contribution < 1.29 is 18.3 Å². The molecule has 0 aliphatic carbocycles. The summed E-state index contributed by atoms with van der Waals surface area (Å²) in [6.45, 7) is 3.04. The Kier molecular flexibility index (Phi) is 3.84. The van der Waals surface area contributed by atoms with Gasteiger partial charge in [0.15, 0.2) is 0 Å². The summed E-state index contributed by atoms with van der Waals surface area (Å²) in [4.78, 5) is 0. The van der Waals surface area contributed by atoms with Crippen LogP contribution in [0.15, 0.2) is 24.3 Å². The maximum absolute atomic E-state index is 13.1. The fourth-order valence-electron chi connectivity index (χ4n) is 1.86. The van der Waals surface area contributed by atoms with Crippen LogP contribution in [0.2, 0.25) is 0 Å². The van der Waals surface area contributed by atoms with E-state index in [4.69, 9.17) is 5.73 Å². The van der Waals surface area contributed by atoms with E-state index in [-0.39, 0.29) is 12.0 Å². The summed E-state index contributed by atoms with van der Waals surface area (Å²) in [5, 5.41) is 10.0. The van der Waals surface area contributed by atoms with Crippen molar-refractivity contribution in [3.63, 3.8) is 0 Å². The van der Waals surface area contributed by atoms with Crippen LogP contribution in [-0.2, 0) is 5.60 Å². The normalized spacial score (nSPS) is 17.6. The fraction of sp³-hybridized carbons (Fsp3) is 0.500. The van der Waals surface area contributed by atoms with Gasteiger partial charge in [-0.05, 0) is 24.5 Å². The summed E-state index contributed by atoms with van der Waals surface area (Å²) < 4.78 is 39.2. The average molecular weight is 247 g/mol. The number of benzene rings is 1. The summed E-state index contributed by atoms with van der Waals surface area (Å²) in [5.41, 5.74) is 2.67. The number of aryl methyl sites for hydroxylation is 1. The van der Waals surface area contributed by atoms with E-state index in [2.05, 4.69) is 0 Å². The van der Waals surface area contributed by atoms with Crippen LogP contribution in [0, 0.1) is 6.92 Å². The molecular formula is C12H16F3NO. The molecule has 0 spiro atoms. The number of alkyl halides is 3. The van der Waals surface area contributed by atoms with Gasteiger partial charge in [-0.25, -0.2) is 0 Å². The van der Waals surface area contributed by atoms with Crippen molar-refractivity contribution in [1.82, 2.24) is 0 Å². The third kappa shape index (κ3) is 2.30. The first-order valence-corrected chi connectivity index (χ1v) is 5.36. The summed E-state index contributed by atoms with van der Waals surface area (Å²) in [6.07, 6.45) is -4.76. The minimum absolute atomic E-state index is 0.0321. The number of hydrogen-bond acceptors (Lipinski definition) is 2. The second-order valence-corrected chi connectivity index (χ2v) is 4.09. The molecule has 1 aromatic rings. The van der Waals surface area contributed by atoms with Gasteiger partial charge in [-0.2, -0.15) is 13.2 Å². The molecule has 3 N–H and O–H groups in total. The topological polar surface area (TPSA) is 46.2 Å². The molecule has 2 nitrogen and oxygen atoms in total. The third-order valence-corrected chi connectivity index (χ3v) is 2.96. The Morgan fingerprint density at radius 3 is 2.24 bits per heavy atom. The van der Waals surface area contributed by atoms with Crippen LogP contribution < -0.4 is 5.73 Å². The maximum atomic E-state index is 13.1. The van der Waals surface area contributed by atoms with Gasteiger partial charge in [-0.15, -0.1) is 0 Å². The Morgan fingerprint density at radius 1 is 1.29 bits per heavy atom. The van der Waals surface area contributed by atoms with Crippen molar-refractivity contribution in [2.24, 2.45) is 5.73 Å². The minimum Gasteiger partial charge on any atom is -0.375 e. The van der Waals surface area contributed by atoms with Crippen LogP contribution in [0.1, 0.15) is 24.5 Å². The first-order chi connectivity index (χ1) is 7.75. The summed E-state index contributed by atoms with van der Waals surface area (Å²) >= 11 is 0. The first-order valence-electron chi connectivity index (χ1n) is 5.36. The van der Waals surface area contributed by atoms with Crippen molar-refractivity contribution in [3.05, 3.63) is 35.4 Å². The second-order valence-electron chi connectivity index (χ2n) is 4.09. The number of aliphatic hydroxyl groups is 1. The van der Waals surface area contributed by atoms with Gasteiger partial charge in [-0.1, -0.05) is 31.2 Å². The van der Waals surface area contributed by atoms with Gasteiger partial charge >= 0.3 is 6.18 Å². The lowest BCUT2D eigenvalue weighted by Gasteiger charge is -2.36. The van der Waals surface area contributed by atoms with Crippen molar-refractivity contribution in [2.75, 3.05) is 0 Å². The molecule has 0 amide bonds. The van der Waals surface area contributed by atoms with Gasteiger partial charge in [0.2, 0.25) is 5.60 Å². The van der Waals surface area contributed by atoms with Crippen LogP contribution in [0.25, 0.3) is 0 Å². The lowest BCUT2D eigenvalue weighted by Crippen LogP contribution is -2.55. The standard InChI is InChI=1S/C12H16F3NO/c1-3-10(16)11(17,12(13,14)15)9-7-5-4-6-8(9)2/h4-7,10,17H,3,16H2,1-2H3. The molecule has 0 aromatic heterocycles. The maximum Gasteiger partial charge on any atom is 0.423 e. The predicted molar refractivity (Wildman–Crippen MR) is 59.4 cm³/mol. The molecule has 0 saturated carbocycles. The van der Waals surface area contributed by atoms with Crippen molar-refractivity contribution >= 4 is 0 Å². The SMILES string of the molecule is CCC(N)C(O)(c1ccccc1C)C(F)(F)F. The second kappa shape index (κ2) is 4.66. The van der Waals surface area contributed by atoms with E-state index in [0.717, 1.165) is 0 Å². The van der Waals surface area contributed by atoms with E-state index in [1.54, 1.807) is 6.07 Å². The molecule has 5 heteroatoms. The van der Waals surface area contributed by atoms with E-state index >= 15 is 0 Å². The lowest BCUT2D eigenvalue weighted by atomic mass is 9.82. The van der Waals surface area contributed by atoms with Gasteiger partial charge in [0.1, 0.15) is 0 Å². The van der Waals surface area contributed by atoms with E-state index in [9.17, 15) is 18.3 Å². The Labute approximate surface area is 98.3 Å². The molecule has 0 saturated heterocycles. The molecule has 0 aliphatic heterocycles. The van der Waals surface area contributed by atoms with Gasteiger partial charge in [0, 0.05) is 6.04 Å². The molecule has 2 unspecified atom stereocenters. The number of nitrogens with two attached hydrogens (primary N) is 1. The molecule has 0 bridgehead atoms. The highest BCUT2D eigenvalue weighted by Crippen LogP contribution is 2.42. The largest absolute Gasteiger partial charge is 0.423 e. The molecule has 0 radical (unpaired) electrons. The molecule has 0 aliphatic rings. The number of halogens is 3. The summed E-state index contributed by atoms with van der Waals surface area (Å²) in [6, 6.07) is 4.48. The number of rotatable bonds is 3. The van der Waals surface area contributed by atoms with E-state index in [1.165, 1.54) is 32.0 Å². The lowest BCUT2D eigenvalue weighted by molar-refractivity contribution is -0.274. The highest BCUT2D eigenvalue weighted by atomic mass is 19.4. The van der Waals surface area contributed by atoms with E-state index in [0.29, 0.717) is 5.56 Å². The summed E-state index contributed by atoms with van der Waals surface area (Å²) in [7, 11) is 0. The Hall–Kier alpha value is -1.07. The zero-order valence-electron chi connectivity index (χ0n) is 9.75. The Morgan fingerprint density at radius 2 is 1.82 bits per heavy atom. The smallest absolute Gasteiger partial charge is 0.375 e. The quantitative estimate of drug-likeness (QED) is 0.862.